The molecule has 0 saturated carbocycles. The molecule has 0 amide bonds. The maximum Gasteiger partial charge on any atom is 0.156 e. The Bertz CT molecular complexity index is 4240. The molecule has 2 aliphatic carbocycles. The SMILES string of the molecule is Cc1nccn1CCC1=Cc2cc(Cl)ccc2C(C2CCNCC2)=C2[N-]C=CC=C12.Cc1nccn1CCC1=Cc2cc(Cl)ccc2C(C2CCNCC2)c2ncccc21.Cc1nccn1CCc1cc2cc(Cl)ccc2[c+](C2CCNCC2)c2ncccc12.Cl.Cl.Cl. The van der Waals surface area contributed by atoms with Crippen LogP contribution in [0.1, 0.15) is 125 Å². The van der Waals surface area contributed by atoms with E-state index in [2.05, 4.69) is 163 Å². The Balaban J connectivity index is 0.000000150. The number of aromatic nitrogens is 8. The highest BCUT2D eigenvalue weighted by molar-refractivity contribution is 6.31. The van der Waals surface area contributed by atoms with Gasteiger partial charge in [-0.15, -0.1) is 42.9 Å². The van der Waals surface area contributed by atoms with E-state index in [-0.39, 0.29) is 37.2 Å². The summed E-state index contributed by atoms with van der Waals surface area (Å²) in [4.78, 5) is 23.0. The average Bonchev–Trinajstić information content (AvgIpc) is 1.69. The zero-order valence-electron chi connectivity index (χ0n) is 53.0. The Morgan fingerprint density at radius 3 is 1.80 bits per heavy atom. The maximum absolute atomic E-state index is 6.43. The van der Waals surface area contributed by atoms with Crippen LogP contribution in [0.2, 0.25) is 15.1 Å². The predicted octanol–water partition coefficient (Wildman–Crippen LogP) is 18.0. The molecule has 3 fully saturated rings. The second kappa shape index (κ2) is 32.2. The van der Waals surface area contributed by atoms with Crippen molar-refractivity contribution in [1.82, 2.24) is 54.6 Å². The normalized spacial score (nSPS) is 17.1. The van der Waals surface area contributed by atoms with Crippen LogP contribution in [0.15, 0.2) is 170 Å². The summed E-state index contributed by atoms with van der Waals surface area (Å²) in [6.45, 7) is 15.2. The third-order valence-corrected chi connectivity index (χ3v) is 20.0. The Morgan fingerprint density at radius 2 is 1.13 bits per heavy atom. The standard InChI is InChI=1S/C25H27ClN4.2C25H26ClN4.3ClH/c3*1-17-28-12-14-30(17)13-8-19-15-20-16-21(26)4-5-22(20)24(18-6-10-27-11-7-18)25-23(19)3-2-9-29-25;;;/h2-5,9,12,14-16,18,24,27H,6-8,10-11,13H2,1H3;2*2-5,9,12,14-16,18,27H,6-8,10-11,13H2,1H3;3*1H/q;-1;+1;;;. The van der Waals surface area contributed by atoms with E-state index in [9.17, 15) is 0 Å². The van der Waals surface area contributed by atoms with Crippen molar-refractivity contribution in [3.63, 3.8) is 0 Å². The van der Waals surface area contributed by atoms with Gasteiger partial charge in [0.05, 0.1) is 27.1 Å². The molecule has 0 radical (unpaired) electrons. The van der Waals surface area contributed by atoms with Crippen molar-refractivity contribution in [2.24, 2.45) is 11.8 Å². The number of benzene rings is 3. The summed E-state index contributed by atoms with van der Waals surface area (Å²) in [6.07, 6.45) is 36.2. The van der Waals surface area contributed by atoms with E-state index in [1.807, 2.05) is 67.8 Å². The van der Waals surface area contributed by atoms with Gasteiger partial charge >= 0.3 is 0 Å². The van der Waals surface area contributed by atoms with Gasteiger partial charge in [0.15, 0.2) is 5.52 Å². The molecule has 18 heteroatoms. The molecule has 1 unspecified atom stereocenters. The molecular formula is C75H82Cl6N12. The van der Waals surface area contributed by atoms with Crippen LogP contribution < -0.4 is 16.0 Å². The van der Waals surface area contributed by atoms with E-state index < -0.39 is 0 Å². The van der Waals surface area contributed by atoms with Crippen LogP contribution in [0, 0.1) is 32.6 Å². The first-order valence-corrected chi connectivity index (χ1v) is 33.4. The van der Waals surface area contributed by atoms with E-state index in [4.69, 9.17) is 50.1 Å². The Morgan fingerprint density at radius 1 is 0.559 bits per heavy atom. The largest absolute Gasteiger partial charge is 0.663 e. The van der Waals surface area contributed by atoms with Crippen LogP contribution >= 0.6 is 72.0 Å². The lowest BCUT2D eigenvalue weighted by Crippen LogP contribution is -2.32. The highest BCUT2D eigenvalue weighted by atomic mass is 35.5. The van der Waals surface area contributed by atoms with Crippen molar-refractivity contribution in [1.29, 1.82) is 0 Å². The molecule has 4 aliphatic heterocycles. The Kier molecular flexibility index (Phi) is 23.9. The summed E-state index contributed by atoms with van der Waals surface area (Å²) in [7, 11) is 0. The summed E-state index contributed by atoms with van der Waals surface area (Å²) in [5.74, 6) is 5.03. The molecule has 15 rings (SSSR count). The minimum absolute atomic E-state index is 0. The van der Waals surface area contributed by atoms with Gasteiger partial charge in [-0.1, -0.05) is 82.9 Å². The van der Waals surface area contributed by atoms with Gasteiger partial charge in [0.25, 0.3) is 0 Å². The summed E-state index contributed by atoms with van der Waals surface area (Å²) in [6, 6.07) is 29.9. The molecule has 0 spiro atoms. The van der Waals surface area contributed by atoms with Crippen molar-refractivity contribution in [2.45, 2.75) is 110 Å². The first-order chi connectivity index (χ1) is 44.1. The number of aryl methyl sites for hydroxylation is 7. The van der Waals surface area contributed by atoms with E-state index in [0.717, 1.165) is 148 Å². The number of fused-ring (bicyclic) bond motifs is 6. The second-order valence-electron chi connectivity index (χ2n) is 24.7. The lowest BCUT2D eigenvalue weighted by molar-refractivity contribution is 0.339. The predicted molar refractivity (Wildman–Crippen MR) is 393 cm³/mol. The van der Waals surface area contributed by atoms with Crippen LogP contribution in [-0.2, 0) is 26.1 Å². The topological polar surface area (TPSA) is 129 Å². The fraction of sp³-hybridized carbons (Fsp3) is 0.333. The lowest BCUT2D eigenvalue weighted by atomic mass is 9.76. The number of piperidine rings is 3. The van der Waals surface area contributed by atoms with Crippen molar-refractivity contribution in [3.8, 4) is 0 Å². The molecule has 5 aromatic heterocycles. The van der Waals surface area contributed by atoms with E-state index in [0.29, 0.717) is 23.7 Å². The van der Waals surface area contributed by atoms with E-state index in [1.165, 1.54) is 95.9 Å². The number of allylic oxidation sites excluding steroid dienone is 5. The molecule has 6 aliphatic rings. The first-order valence-electron chi connectivity index (χ1n) is 32.3. The van der Waals surface area contributed by atoms with Crippen molar-refractivity contribution in [3.05, 3.63) is 252 Å². The van der Waals surface area contributed by atoms with Gasteiger partial charge in [-0.05, 0) is 210 Å². The molecule has 0 bridgehead atoms. The van der Waals surface area contributed by atoms with Gasteiger partial charge in [0, 0.05) is 127 Å². The number of pyridine rings is 2. The van der Waals surface area contributed by atoms with Crippen LogP contribution in [-0.4, -0.2) is 77.9 Å². The van der Waals surface area contributed by atoms with Crippen LogP contribution in [0.25, 0.3) is 50.3 Å². The number of hydrogen-bond donors (Lipinski definition) is 3. The molecule has 3 saturated heterocycles. The average molecular weight is 1360 g/mol. The maximum atomic E-state index is 6.43. The molecule has 12 nitrogen and oxygen atoms in total. The van der Waals surface area contributed by atoms with Gasteiger partial charge < -0.3 is 35.0 Å². The molecule has 4 aromatic carbocycles. The van der Waals surface area contributed by atoms with Crippen molar-refractivity contribution < 1.29 is 0 Å². The second-order valence-corrected chi connectivity index (χ2v) is 26.0. The Hall–Kier alpha value is -6.68. The number of nitrogens with one attached hydrogen (secondary N) is 3. The van der Waals surface area contributed by atoms with Crippen molar-refractivity contribution in [2.75, 3.05) is 39.3 Å². The number of halogens is 6. The van der Waals surface area contributed by atoms with E-state index in [1.54, 1.807) is 0 Å². The number of rotatable bonds is 12. The third-order valence-electron chi connectivity index (χ3n) is 19.3. The van der Waals surface area contributed by atoms with Gasteiger partial charge in [-0.25, -0.2) is 19.9 Å². The van der Waals surface area contributed by atoms with Crippen LogP contribution in [0.5, 0.6) is 0 Å². The monoisotopic (exact) mass is 1360 g/mol. The zero-order valence-corrected chi connectivity index (χ0v) is 57.7. The molecule has 484 valence electrons. The van der Waals surface area contributed by atoms with Gasteiger partial charge in [-0.3, -0.25) is 4.98 Å². The van der Waals surface area contributed by atoms with Gasteiger partial charge in [0.1, 0.15) is 22.9 Å². The van der Waals surface area contributed by atoms with Crippen molar-refractivity contribution >= 4 is 117 Å². The van der Waals surface area contributed by atoms with Gasteiger partial charge in [-0.2, -0.15) is 6.20 Å². The highest BCUT2D eigenvalue weighted by Gasteiger charge is 2.34. The molecule has 3 N–H and O–H groups in total. The number of nitrogens with zero attached hydrogens (tertiary/aromatic N) is 9. The van der Waals surface area contributed by atoms with E-state index >= 15 is 0 Å². The summed E-state index contributed by atoms with van der Waals surface area (Å²) >= 11 is 19.3. The number of hydrogen-bond acceptors (Lipinski definition) is 8. The summed E-state index contributed by atoms with van der Waals surface area (Å²) in [5, 5.41) is 21.5. The molecule has 1 atom stereocenters. The fourth-order valence-corrected chi connectivity index (χ4v) is 15.2. The molecule has 9 heterocycles. The minimum Gasteiger partial charge on any atom is -0.663 e. The highest BCUT2D eigenvalue weighted by Crippen LogP contribution is 2.48. The Labute approximate surface area is 580 Å². The lowest BCUT2D eigenvalue weighted by Gasteiger charge is -2.36. The smallest absolute Gasteiger partial charge is 0.156 e. The van der Waals surface area contributed by atoms with Crippen LogP contribution in [0.3, 0.4) is 0 Å². The molecule has 93 heavy (non-hydrogen) atoms. The third kappa shape index (κ3) is 15.7. The molecular weight excluding hydrogens is 1280 g/mol. The number of imidazole rings is 3. The zero-order chi connectivity index (χ0) is 61.5. The van der Waals surface area contributed by atoms with Gasteiger partial charge in [0.2, 0.25) is 0 Å². The summed E-state index contributed by atoms with van der Waals surface area (Å²) in [5.41, 5.74) is 17.8. The fourth-order valence-electron chi connectivity index (χ4n) is 14.6. The van der Waals surface area contributed by atoms with Crippen LogP contribution in [0.4, 0.5) is 0 Å². The minimum atomic E-state index is 0. The first kappa shape index (κ1) is 69.2. The molecule has 9 aromatic rings. The quantitative estimate of drug-likeness (QED) is 0.103. The summed E-state index contributed by atoms with van der Waals surface area (Å²) < 4.78 is 6.63.